The maximum absolute atomic E-state index is 10.4. The van der Waals surface area contributed by atoms with Gasteiger partial charge in [0.25, 0.3) is 0 Å². The molecule has 1 atom stereocenters. The largest absolute Gasteiger partial charge is 0.490 e. The summed E-state index contributed by atoms with van der Waals surface area (Å²) in [5.41, 5.74) is 1.81. The third kappa shape index (κ3) is 4.98. The molecular formula is C14H21NO2. The van der Waals surface area contributed by atoms with Gasteiger partial charge in [0.05, 0.1) is 12.8 Å². The second kappa shape index (κ2) is 7.05. The zero-order chi connectivity index (χ0) is 12.7. The lowest BCUT2D eigenvalue weighted by Gasteiger charge is -2.15. The van der Waals surface area contributed by atoms with Crippen LogP contribution in [0.2, 0.25) is 0 Å². The van der Waals surface area contributed by atoms with E-state index in [1.165, 1.54) is 12.0 Å². The van der Waals surface area contributed by atoms with E-state index in [0.717, 1.165) is 19.1 Å². The number of hydrogen-bond donors (Lipinski definition) is 0. The number of aldehydes is 1. The Morgan fingerprint density at radius 1 is 1.47 bits per heavy atom. The fourth-order valence-electron chi connectivity index (χ4n) is 1.56. The molecule has 0 bridgehead atoms. The molecular weight excluding hydrogens is 214 g/mol. The van der Waals surface area contributed by atoms with E-state index in [4.69, 9.17) is 4.74 Å². The summed E-state index contributed by atoms with van der Waals surface area (Å²) in [4.78, 5) is 14.2. The molecule has 0 amide bonds. The van der Waals surface area contributed by atoms with E-state index in [2.05, 4.69) is 31.8 Å². The van der Waals surface area contributed by atoms with Crippen LogP contribution in [0, 0.1) is 5.92 Å². The van der Waals surface area contributed by atoms with E-state index in [9.17, 15) is 4.79 Å². The maximum atomic E-state index is 10.4. The molecule has 0 aromatic rings. The number of carbonyl (C=O) groups is 1. The number of aliphatic imine (C=N–C) groups is 1. The van der Waals surface area contributed by atoms with Crippen LogP contribution in [0.4, 0.5) is 0 Å². The maximum Gasteiger partial charge on any atom is 0.172 e. The molecule has 0 radical (unpaired) electrons. The Labute approximate surface area is 103 Å². The summed E-state index contributed by atoms with van der Waals surface area (Å²) in [5, 5.41) is 0. The van der Waals surface area contributed by atoms with Crippen molar-refractivity contribution in [3.8, 4) is 0 Å². The first-order valence-electron chi connectivity index (χ1n) is 6.13. The smallest absolute Gasteiger partial charge is 0.172 e. The summed E-state index contributed by atoms with van der Waals surface area (Å²) < 4.78 is 5.46. The molecule has 1 heterocycles. The van der Waals surface area contributed by atoms with Gasteiger partial charge in [0, 0.05) is 0 Å². The quantitative estimate of drug-likeness (QED) is 0.478. The summed E-state index contributed by atoms with van der Waals surface area (Å²) in [6.07, 6.45) is 7.92. The minimum atomic E-state index is 0.433. The molecule has 0 spiro atoms. The van der Waals surface area contributed by atoms with Crippen LogP contribution in [0.3, 0.4) is 0 Å². The first-order chi connectivity index (χ1) is 8.13. The number of nitrogens with zero attached hydrogens (tertiary/aromatic N) is 1. The predicted octanol–water partition coefficient (Wildman–Crippen LogP) is 3.27. The van der Waals surface area contributed by atoms with Crippen LogP contribution in [0.5, 0.6) is 0 Å². The molecule has 1 aliphatic heterocycles. The highest BCUT2D eigenvalue weighted by Crippen LogP contribution is 2.16. The van der Waals surface area contributed by atoms with Gasteiger partial charge in [-0.25, -0.2) is 4.99 Å². The Bertz CT molecular complexity index is 345. The average Bonchev–Trinajstić information content (AvgIpc) is 2.23. The number of hydrogen-bond acceptors (Lipinski definition) is 3. The van der Waals surface area contributed by atoms with E-state index in [1.54, 1.807) is 6.21 Å². The zero-order valence-electron chi connectivity index (χ0n) is 10.9. The molecule has 17 heavy (non-hydrogen) atoms. The van der Waals surface area contributed by atoms with Crippen LogP contribution >= 0.6 is 0 Å². The van der Waals surface area contributed by atoms with Gasteiger partial charge in [-0.05, 0) is 39.0 Å². The second-order valence-corrected chi connectivity index (χ2v) is 4.73. The fraction of sp³-hybridized carbons (Fsp3) is 0.571. The Hall–Kier alpha value is -1.38. The van der Waals surface area contributed by atoms with Crippen molar-refractivity contribution in [1.82, 2.24) is 0 Å². The summed E-state index contributed by atoms with van der Waals surface area (Å²) in [6, 6.07) is 0. The molecule has 1 aliphatic rings. The standard InChI is InChI=1S/C14H21NO2/c1-11(2)5-4-6-12(3)7-8-17-14-9-15-13(14)10-16/h5,9-10,12H,4,6-8H2,1-3H3. The number of ether oxygens (including phenoxy) is 1. The molecule has 1 rings (SSSR count). The van der Waals surface area contributed by atoms with Crippen molar-refractivity contribution < 1.29 is 9.53 Å². The summed E-state index contributed by atoms with van der Waals surface area (Å²) in [5.74, 6) is 1.28. The fourth-order valence-corrected chi connectivity index (χ4v) is 1.56. The Balaban J connectivity index is 2.10. The van der Waals surface area contributed by atoms with Crippen LogP contribution in [-0.4, -0.2) is 19.1 Å². The average molecular weight is 235 g/mol. The van der Waals surface area contributed by atoms with Gasteiger partial charge >= 0.3 is 0 Å². The molecule has 0 aromatic carbocycles. The molecule has 0 saturated heterocycles. The molecule has 3 nitrogen and oxygen atoms in total. The van der Waals surface area contributed by atoms with Gasteiger partial charge in [-0.1, -0.05) is 18.6 Å². The van der Waals surface area contributed by atoms with Crippen molar-refractivity contribution in [3.05, 3.63) is 23.1 Å². The minimum absolute atomic E-state index is 0.433. The van der Waals surface area contributed by atoms with Gasteiger partial charge in [-0.2, -0.15) is 0 Å². The van der Waals surface area contributed by atoms with Crippen molar-refractivity contribution >= 4 is 12.5 Å². The van der Waals surface area contributed by atoms with Crippen LogP contribution in [-0.2, 0) is 9.53 Å². The Kier molecular flexibility index (Phi) is 5.67. The van der Waals surface area contributed by atoms with Crippen molar-refractivity contribution in [2.45, 2.75) is 40.0 Å². The molecule has 3 heteroatoms. The molecule has 0 N–H and O–H groups in total. The molecule has 1 unspecified atom stereocenters. The lowest BCUT2D eigenvalue weighted by Crippen LogP contribution is -2.09. The molecule has 0 fully saturated rings. The lowest BCUT2D eigenvalue weighted by molar-refractivity contribution is -0.105. The van der Waals surface area contributed by atoms with Crippen LogP contribution in [0.25, 0.3) is 0 Å². The van der Waals surface area contributed by atoms with Crippen molar-refractivity contribution in [1.29, 1.82) is 0 Å². The van der Waals surface area contributed by atoms with Gasteiger partial charge in [-0.3, -0.25) is 4.79 Å². The first-order valence-corrected chi connectivity index (χ1v) is 6.13. The monoisotopic (exact) mass is 235 g/mol. The molecule has 0 aromatic heterocycles. The zero-order valence-corrected chi connectivity index (χ0v) is 10.9. The van der Waals surface area contributed by atoms with E-state index in [-0.39, 0.29) is 0 Å². The van der Waals surface area contributed by atoms with Gasteiger partial charge in [0.15, 0.2) is 12.0 Å². The molecule has 0 saturated carbocycles. The minimum Gasteiger partial charge on any atom is -0.490 e. The van der Waals surface area contributed by atoms with Crippen molar-refractivity contribution in [2.24, 2.45) is 10.9 Å². The van der Waals surface area contributed by atoms with E-state index in [0.29, 0.717) is 24.0 Å². The van der Waals surface area contributed by atoms with Crippen LogP contribution in [0.15, 0.2) is 28.1 Å². The van der Waals surface area contributed by atoms with Gasteiger partial charge in [0.1, 0.15) is 5.70 Å². The highest BCUT2D eigenvalue weighted by Gasteiger charge is 2.12. The van der Waals surface area contributed by atoms with E-state index in [1.807, 2.05) is 0 Å². The number of carbonyl (C=O) groups excluding carboxylic acids is 1. The summed E-state index contributed by atoms with van der Waals surface area (Å²) in [6.45, 7) is 7.13. The second-order valence-electron chi connectivity index (χ2n) is 4.73. The number of allylic oxidation sites excluding steroid dienone is 4. The summed E-state index contributed by atoms with van der Waals surface area (Å²) >= 11 is 0. The van der Waals surface area contributed by atoms with Gasteiger partial charge in [0.2, 0.25) is 0 Å². The number of rotatable bonds is 8. The lowest BCUT2D eigenvalue weighted by atomic mass is 10.0. The third-order valence-electron chi connectivity index (χ3n) is 2.77. The Morgan fingerprint density at radius 2 is 2.24 bits per heavy atom. The van der Waals surface area contributed by atoms with Gasteiger partial charge in [-0.15, -0.1) is 0 Å². The van der Waals surface area contributed by atoms with Crippen molar-refractivity contribution in [3.63, 3.8) is 0 Å². The normalized spacial score (nSPS) is 15.2. The van der Waals surface area contributed by atoms with Crippen LogP contribution < -0.4 is 0 Å². The summed E-state index contributed by atoms with van der Waals surface area (Å²) in [7, 11) is 0. The van der Waals surface area contributed by atoms with E-state index >= 15 is 0 Å². The SMILES string of the molecule is CC(C)=CCCC(C)CCOC1=C(C=O)N=C1. The molecule has 0 aliphatic carbocycles. The predicted molar refractivity (Wildman–Crippen MR) is 70.0 cm³/mol. The topological polar surface area (TPSA) is 38.7 Å². The molecule has 94 valence electrons. The first kappa shape index (κ1) is 13.7. The Morgan fingerprint density at radius 3 is 2.76 bits per heavy atom. The highest BCUT2D eigenvalue weighted by atomic mass is 16.5. The van der Waals surface area contributed by atoms with Crippen LogP contribution in [0.1, 0.15) is 40.0 Å². The third-order valence-corrected chi connectivity index (χ3v) is 2.77. The van der Waals surface area contributed by atoms with E-state index < -0.39 is 0 Å². The van der Waals surface area contributed by atoms with Crippen molar-refractivity contribution in [2.75, 3.05) is 6.61 Å². The highest BCUT2D eigenvalue weighted by molar-refractivity contribution is 5.95. The van der Waals surface area contributed by atoms with Gasteiger partial charge < -0.3 is 4.74 Å².